The number of esters is 2. The fourth-order valence-corrected chi connectivity index (χ4v) is 4.03. The van der Waals surface area contributed by atoms with Gasteiger partial charge in [0, 0.05) is 24.3 Å². The van der Waals surface area contributed by atoms with E-state index in [1.165, 1.54) is 12.0 Å². The fourth-order valence-electron chi connectivity index (χ4n) is 3.07. The Morgan fingerprint density at radius 3 is 2.59 bits per heavy atom. The largest absolute Gasteiger partial charge is 0.468 e. The molecule has 0 atom stereocenters. The summed E-state index contributed by atoms with van der Waals surface area (Å²) in [5.74, 6) is -1.54. The molecule has 2 amide bonds. The average Bonchev–Trinajstić information content (AvgIpc) is 3.23. The monoisotopic (exact) mass is 479 g/mol. The van der Waals surface area contributed by atoms with Gasteiger partial charge in [-0.25, -0.2) is 0 Å². The molecule has 1 aromatic carbocycles. The number of methoxy groups -OCH3 is 1. The molecule has 0 aliphatic carbocycles. The van der Waals surface area contributed by atoms with Crippen molar-refractivity contribution in [1.82, 2.24) is 5.32 Å². The van der Waals surface area contributed by atoms with Crippen molar-refractivity contribution < 1.29 is 28.7 Å². The number of hydrogen-bond acceptors (Lipinski definition) is 8. The van der Waals surface area contributed by atoms with Gasteiger partial charge in [-0.3, -0.25) is 19.2 Å². The van der Waals surface area contributed by atoms with Crippen LogP contribution in [0.4, 0.5) is 11.4 Å². The second-order valence-electron chi connectivity index (χ2n) is 6.82. The lowest BCUT2D eigenvalue weighted by Crippen LogP contribution is -2.40. The van der Waals surface area contributed by atoms with Crippen LogP contribution in [-0.4, -0.2) is 63.6 Å². The number of ether oxygens (including phenoxy) is 2. The summed E-state index contributed by atoms with van der Waals surface area (Å²) in [6.45, 7) is 0.874. The fraction of sp³-hybridized carbons (Fsp3) is 0.333. The number of rotatable bonds is 8. The number of carbonyl (C=O) groups excluding carboxylic acids is 4. The van der Waals surface area contributed by atoms with Crippen LogP contribution in [0.15, 0.2) is 36.4 Å². The number of nitrogens with zero attached hydrogens (tertiary/aromatic N) is 2. The summed E-state index contributed by atoms with van der Waals surface area (Å²) in [5.41, 5.74) is 1.30. The molecule has 1 aliphatic heterocycles. The number of thiophene rings is 1. The molecule has 0 unspecified atom stereocenters. The number of benzene rings is 1. The van der Waals surface area contributed by atoms with Crippen molar-refractivity contribution in [3.05, 3.63) is 45.6 Å². The zero-order valence-corrected chi connectivity index (χ0v) is 18.9. The normalized spacial score (nSPS) is 13.3. The standard InChI is InChI=1S/C21H22ClN3O6S/c1-30-19(27)13-25(18(26)8-9-23-21(29)16-6-7-17(22)32-16)15-4-2-14(3-5-15)24-10-11-31-20(28)12-24/h2-7H,8-13H2,1H3,(H,23,29). The second-order valence-corrected chi connectivity index (χ2v) is 8.54. The average molecular weight is 480 g/mol. The molecule has 32 heavy (non-hydrogen) atoms. The van der Waals surface area contributed by atoms with Gasteiger partial charge in [0.1, 0.15) is 19.7 Å². The van der Waals surface area contributed by atoms with Gasteiger partial charge in [0.05, 0.1) is 22.9 Å². The number of anilines is 2. The van der Waals surface area contributed by atoms with Crippen molar-refractivity contribution in [2.45, 2.75) is 6.42 Å². The van der Waals surface area contributed by atoms with Gasteiger partial charge in [-0.15, -0.1) is 11.3 Å². The molecule has 2 aromatic rings. The van der Waals surface area contributed by atoms with E-state index in [2.05, 4.69) is 5.32 Å². The van der Waals surface area contributed by atoms with Crippen LogP contribution < -0.4 is 15.1 Å². The first-order chi connectivity index (χ1) is 15.4. The molecule has 2 heterocycles. The molecule has 1 aromatic heterocycles. The molecule has 1 fully saturated rings. The Morgan fingerprint density at radius 2 is 1.97 bits per heavy atom. The Labute approximate surface area is 193 Å². The number of amides is 2. The summed E-state index contributed by atoms with van der Waals surface area (Å²) in [6.07, 6.45) is -0.0123. The van der Waals surface area contributed by atoms with Crippen molar-refractivity contribution in [2.24, 2.45) is 0 Å². The summed E-state index contributed by atoms with van der Waals surface area (Å²) >= 11 is 6.98. The van der Waals surface area contributed by atoms with Crippen molar-refractivity contribution in [2.75, 3.05) is 49.7 Å². The maximum absolute atomic E-state index is 12.8. The van der Waals surface area contributed by atoms with Crippen molar-refractivity contribution >= 4 is 58.1 Å². The lowest BCUT2D eigenvalue weighted by atomic mass is 10.2. The van der Waals surface area contributed by atoms with Gasteiger partial charge in [0.2, 0.25) is 5.91 Å². The van der Waals surface area contributed by atoms with Gasteiger partial charge in [0.15, 0.2) is 0 Å². The van der Waals surface area contributed by atoms with Crippen LogP contribution in [0.25, 0.3) is 0 Å². The van der Waals surface area contributed by atoms with Gasteiger partial charge < -0.3 is 24.6 Å². The second kappa shape index (κ2) is 11.0. The molecule has 0 radical (unpaired) electrons. The van der Waals surface area contributed by atoms with E-state index in [-0.39, 0.29) is 43.8 Å². The minimum absolute atomic E-state index is 0.0123. The highest BCUT2D eigenvalue weighted by Gasteiger charge is 2.22. The minimum Gasteiger partial charge on any atom is -0.468 e. The Balaban J connectivity index is 1.64. The first-order valence-electron chi connectivity index (χ1n) is 9.78. The van der Waals surface area contributed by atoms with E-state index in [1.807, 2.05) is 4.90 Å². The molecule has 3 rings (SSSR count). The molecular weight excluding hydrogens is 458 g/mol. The van der Waals surface area contributed by atoms with E-state index in [9.17, 15) is 19.2 Å². The molecule has 1 aliphatic rings. The van der Waals surface area contributed by atoms with Crippen LogP contribution in [0.5, 0.6) is 0 Å². The summed E-state index contributed by atoms with van der Waals surface area (Å²) in [4.78, 5) is 51.9. The van der Waals surface area contributed by atoms with Crippen molar-refractivity contribution in [3.8, 4) is 0 Å². The molecule has 1 N–H and O–H groups in total. The smallest absolute Gasteiger partial charge is 0.325 e. The van der Waals surface area contributed by atoms with Crippen molar-refractivity contribution in [3.63, 3.8) is 0 Å². The predicted molar refractivity (Wildman–Crippen MR) is 120 cm³/mol. The molecular formula is C21H22ClN3O6S. The zero-order valence-electron chi connectivity index (χ0n) is 17.3. The van der Waals surface area contributed by atoms with Crippen LogP contribution in [-0.2, 0) is 23.9 Å². The Kier molecular flexibility index (Phi) is 8.07. The maximum atomic E-state index is 12.8. The van der Waals surface area contributed by atoms with E-state index < -0.39 is 5.97 Å². The van der Waals surface area contributed by atoms with E-state index in [1.54, 1.807) is 36.4 Å². The van der Waals surface area contributed by atoms with Crippen LogP contribution in [0.2, 0.25) is 4.34 Å². The molecule has 9 nitrogen and oxygen atoms in total. The highest BCUT2D eigenvalue weighted by Crippen LogP contribution is 2.23. The molecule has 0 bridgehead atoms. The molecule has 0 saturated carbocycles. The number of cyclic esters (lactones) is 1. The number of morpholine rings is 1. The van der Waals surface area contributed by atoms with Gasteiger partial charge >= 0.3 is 11.9 Å². The third-order valence-corrected chi connectivity index (χ3v) is 5.94. The third-order valence-electron chi connectivity index (χ3n) is 4.71. The summed E-state index contributed by atoms with van der Waals surface area (Å²) in [7, 11) is 1.25. The Bertz CT molecular complexity index is 994. The molecule has 170 valence electrons. The van der Waals surface area contributed by atoms with Gasteiger partial charge in [-0.2, -0.15) is 0 Å². The van der Waals surface area contributed by atoms with E-state index >= 15 is 0 Å². The number of hydrogen-bond donors (Lipinski definition) is 1. The van der Waals surface area contributed by atoms with Crippen LogP contribution in [0.1, 0.15) is 16.1 Å². The first-order valence-corrected chi connectivity index (χ1v) is 11.0. The molecule has 11 heteroatoms. The van der Waals surface area contributed by atoms with Crippen LogP contribution in [0.3, 0.4) is 0 Å². The summed E-state index contributed by atoms with van der Waals surface area (Å²) < 4.78 is 10.2. The van der Waals surface area contributed by atoms with Gasteiger partial charge in [-0.1, -0.05) is 11.6 Å². The van der Waals surface area contributed by atoms with Gasteiger partial charge in [0.25, 0.3) is 5.91 Å². The van der Waals surface area contributed by atoms with Crippen molar-refractivity contribution in [1.29, 1.82) is 0 Å². The highest BCUT2D eigenvalue weighted by molar-refractivity contribution is 7.18. The van der Waals surface area contributed by atoms with E-state index in [0.29, 0.717) is 28.1 Å². The SMILES string of the molecule is COC(=O)CN(C(=O)CCNC(=O)c1ccc(Cl)s1)c1ccc(N2CCOC(=O)C2)cc1. The van der Waals surface area contributed by atoms with Gasteiger partial charge in [-0.05, 0) is 36.4 Å². The van der Waals surface area contributed by atoms with E-state index in [0.717, 1.165) is 17.0 Å². The van der Waals surface area contributed by atoms with E-state index in [4.69, 9.17) is 21.1 Å². The molecule has 1 saturated heterocycles. The van der Waals surface area contributed by atoms with Crippen LogP contribution in [0, 0.1) is 0 Å². The number of halogens is 1. The zero-order chi connectivity index (χ0) is 23.1. The predicted octanol–water partition coefficient (Wildman–Crippen LogP) is 2.09. The van der Waals surface area contributed by atoms with Crippen LogP contribution >= 0.6 is 22.9 Å². The Hall–Kier alpha value is -3.11. The third kappa shape index (κ3) is 6.21. The first kappa shape index (κ1) is 23.6. The highest BCUT2D eigenvalue weighted by atomic mass is 35.5. The molecule has 0 spiro atoms. The number of nitrogens with one attached hydrogen (secondary N) is 1. The number of carbonyl (C=O) groups is 4. The minimum atomic E-state index is -0.571. The lowest BCUT2D eigenvalue weighted by molar-refractivity contribution is -0.143. The quantitative estimate of drug-likeness (QED) is 0.578. The summed E-state index contributed by atoms with van der Waals surface area (Å²) in [6, 6.07) is 10.2. The summed E-state index contributed by atoms with van der Waals surface area (Å²) in [5, 5.41) is 2.67. The lowest BCUT2D eigenvalue weighted by Gasteiger charge is -2.28. The topological polar surface area (TPSA) is 105 Å². The maximum Gasteiger partial charge on any atom is 0.325 e. The Morgan fingerprint density at radius 1 is 1.22 bits per heavy atom.